The second kappa shape index (κ2) is 5.88. The highest BCUT2D eigenvalue weighted by molar-refractivity contribution is 6.30. The third-order valence-electron chi connectivity index (χ3n) is 3.93. The lowest BCUT2D eigenvalue weighted by molar-refractivity contribution is 0.185. The maximum Gasteiger partial charge on any atom is 0.0408 e. The summed E-state index contributed by atoms with van der Waals surface area (Å²) in [6.07, 6.45) is 8.01. The predicted molar refractivity (Wildman–Crippen MR) is 74.6 cm³/mol. The van der Waals surface area contributed by atoms with Crippen molar-refractivity contribution in [3.05, 3.63) is 34.9 Å². The molecular formula is C15H22ClN. The average molecular weight is 252 g/mol. The lowest BCUT2D eigenvalue weighted by Gasteiger charge is -2.37. The fraction of sp³-hybridized carbons (Fsp3) is 0.600. The molecule has 0 radical (unpaired) electrons. The zero-order valence-electron chi connectivity index (χ0n) is 10.6. The van der Waals surface area contributed by atoms with Gasteiger partial charge in [0, 0.05) is 11.6 Å². The van der Waals surface area contributed by atoms with Crippen LogP contribution in [0.4, 0.5) is 0 Å². The zero-order valence-corrected chi connectivity index (χ0v) is 11.4. The molecule has 0 bridgehead atoms. The van der Waals surface area contributed by atoms with Crippen LogP contribution in [0.2, 0.25) is 5.02 Å². The fourth-order valence-electron chi connectivity index (χ4n) is 3.17. The minimum absolute atomic E-state index is 0.456. The SMILES string of the molecule is CNCC1(Cc2cccc(Cl)c2)CCCCC1. The standard InChI is InChI=1S/C15H22ClN/c1-17-12-15(8-3-2-4-9-15)11-13-6-5-7-14(16)10-13/h5-7,10,17H,2-4,8-9,11-12H2,1H3. The summed E-state index contributed by atoms with van der Waals surface area (Å²) in [6.45, 7) is 1.12. The van der Waals surface area contributed by atoms with Crippen molar-refractivity contribution in [1.82, 2.24) is 5.32 Å². The second-order valence-corrected chi connectivity index (χ2v) is 5.83. The monoisotopic (exact) mass is 251 g/mol. The molecule has 94 valence electrons. The van der Waals surface area contributed by atoms with Crippen molar-refractivity contribution in [1.29, 1.82) is 0 Å². The van der Waals surface area contributed by atoms with Crippen LogP contribution in [0.1, 0.15) is 37.7 Å². The van der Waals surface area contributed by atoms with Crippen LogP contribution < -0.4 is 5.32 Å². The first-order valence-electron chi connectivity index (χ1n) is 6.63. The van der Waals surface area contributed by atoms with Crippen LogP contribution in [-0.2, 0) is 6.42 Å². The molecule has 1 saturated carbocycles. The summed E-state index contributed by atoms with van der Waals surface area (Å²) >= 11 is 6.07. The van der Waals surface area contributed by atoms with Crippen LogP contribution in [0.5, 0.6) is 0 Å². The molecule has 0 saturated heterocycles. The van der Waals surface area contributed by atoms with Gasteiger partial charge in [-0.15, -0.1) is 0 Å². The molecule has 0 aromatic heterocycles. The van der Waals surface area contributed by atoms with Gasteiger partial charge in [-0.25, -0.2) is 0 Å². The van der Waals surface area contributed by atoms with Gasteiger partial charge in [0.05, 0.1) is 0 Å². The van der Waals surface area contributed by atoms with Crippen LogP contribution in [0, 0.1) is 5.41 Å². The van der Waals surface area contributed by atoms with Crippen molar-refractivity contribution in [3.8, 4) is 0 Å². The molecule has 0 unspecified atom stereocenters. The Morgan fingerprint density at radius 1 is 1.24 bits per heavy atom. The number of hydrogen-bond acceptors (Lipinski definition) is 1. The third kappa shape index (κ3) is 3.46. The van der Waals surface area contributed by atoms with E-state index < -0.39 is 0 Å². The maximum atomic E-state index is 6.07. The van der Waals surface area contributed by atoms with Crippen LogP contribution >= 0.6 is 11.6 Å². The summed E-state index contributed by atoms with van der Waals surface area (Å²) in [7, 11) is 2.06. The minimum Gasteiger partial charge on any atom is -0.319 e. The molecule has 1 aromatic carbocycles. The Labute approximate surface area is 110 Å². The zero-order chi connectivity index (χ0) is 12.1. The van der Waals surface area contributed by atoms with E-state index in [2.05, 4.69) is 30.6 Å². The Morgan fingerprint density at radius 3 is 2.65 bits per heavy atom. The van der Waals surface area contributed by atoms with Gasteiger partial charge in [0.15, 0.2) is 0 Å². The molecule has 2 rings (SSSR count). The molecule has 0 aliphatic heterocycles. The van der Waals surface area contributed by atoms with Crippen molar-refractivity contribution in [3.63, 3.8) is 0 Å². The molecule has 0 spiro atoms. The Hall–Kier alpha value is -0.530. The maximum absolute atomic E-state index is 6.07. The molecule has 0 atom stereocenters. The van der Waals surface area contributed by atoms with E-state index in [9.17, 15) is 0 Å². The van der Waals surface area contributed by atoms with Crippen LogP contribution in [0.3, 0.4) is 0 Å². The largest absolute Gasteiger partial charge is 0.319 e. The number of benzene rings is 1. The van der Waals surface area contributed by atoms with E-state index in [-0.39, 0.29) is 0 Å². The smallest absolute Gasteiger partial charge is 0.0408 e. The lowest BCUT2D eigenvalue weighted by Crippen LogP contribution is -2.36. The molecule has 1 aromatic rings. The van der Waals surface area contributed by atoms with Crippen LogP contribution in [0.15, 0.2) is 24.3 Å². The summed E-state index contributed by atoms with van der Waals surface area (Å²) in [5, 5.41) is 4.24. The third-order valence-corrected chi connectivity index (χ3v) is 4.17. The number of rotatable bonds is 4. The van der Waals surface area contributed by atoms with Crippen molar-refractivity contribution in [2.75, 3.05) is 13.6 Å². The number of halogens is 1. The molecule has 1 nitrogen and oxygen atoms in total. The molecule has 0 amide bonds. The van der Waals surface area contributed by atoms with Gasteiger partial charge in [0.1, 0.15) is 0 Å². The van der Waals surface area contributed by atoms with Crippen molar-refractivity contribution in [2.24, 2.45) is 5.41 Å². The first kappa shape index (κ1) is 12.9. The summed E-state index contributed by atoms with van der Waals surface area (Å²) in [6, 6.07) is 8.34. The topological polar surface area (TPSA) is 12.0 Å². The van der Waals surface area contributed by atoms with Gasteiger partial charge < -0.3 is 5.32 Å². The van der Waals surface area contributed by atoms with E-state index in [1.165, 1.54) is 37.7 Å². The Kier molecular flexibility index (Phi) is 4.47. The van der Waals surface area contributed by atoms with E-state index in [0.29, 0.717) is 5.41 Å². The van der Waals surface area contributed by atoms with Crippen molar-refractivity contribution < 1.29 is 0 Å². The Bertz CT molecular complexity index is 350. The van der Waals surface area contributed by atoms with Gasteiger partial charge in [-0.3, -0.25) is 0 Å². The van der Waals surface area contributed by atoms with Crippen LogP contribution in [0.25, 0.3) is 0 Å². The van der Waals surface area contributed by atoms with E-state index in [4.69, 9.17) is 11.6 Å². The second-order valence-electron chi connectivity index (χ2n) is 5.40. The summed E-state index contributed by atoms with van der Waals surface area (Å²) in [5.41, 5.74) is 1.84. The van der Waals surface area contributed by atoms with E-state index in [1.807, 2.05) is 6.07 Å². The van der Waals surface area contributed by atoms with Gasteiger partial charge in [-0.1, -0.05) is 43.0 Å². The average Bonchev–Trinajstić information content (AvgIpc) is 2.30. The first-order chi connectivity index (χ1) is 8.24. The molecule has 0 heterocycles. The van der Waals surface area contributed by atoms with E-state index in [1.54, 1.807) is 0 Å². The molecule has 2 heteroatoms. The summed E-state index contributed by atoms with van der Waals surface area (Å²) < 4.78 is 0. The highest BCUT2D eigenvalue weighted by Gasteiger charge is 2.31. The van der Waals surface area contributed by atoms with E-state index >= 15 is 0 Å². The molecule has 17 heavy (non-hydrogen) atoms. The molecule has 1 fully saturated rings. The van der Waals surface area contributed by atoms with E-state index in [0.717, 1.165) is 18.0 Å². The van der Waals surface area contributed by atoms with Crippen LogP contribution in [-0.4, -0.2) is 13.6 Å². The number of hydrogen-bond donors (Lipinski definition) is 1. The van der Waals surface area contributed by atoms with Gasteiger partial charge in [-0.2, -0.15) is 0 Å². The van der Waals surface area contributed by atoms with Gasteiger partial charge in [-0.05, 0) is 49.4 Å². The normalized spacial score (nSPS) is 19.2. The van der Waals surface area contributed by atoms with Gasteiger partial charge in [0.25, 0.3) is 0 Å². The number of nitrogens with one attached hydrogen (secondary N) is 1. The Morgan fingerprint density at radius 2 is 2.00 bits per heavy atom. The highest BCUT2D eigenvalue weighted by Crippen LogP contribution is 2.38. The summed E-state index contributed by atoms with van der Waals surface area (Å²) in [5.74, 6) is 0. The highest BCUT2D eigenvalue weighted by atomic mass is 35.5. The Balaban J connectivity index is 2.11. The van der Waals surface area contributed by atoms with Crippen molar-refractivity contribution in [2.45, 2.75) is 38.5 Å². The first-order valence-corrected chi connectivity index (χ1v) is 7.01. The van der Waals surface area contributed by atoms with Gasteiger partial charge >= 0.3 is 0 Å². The molecule has 1 aliphatic rings. The molecule has 1 aliphatic carbocycles. The quantitative estimate of drug-likeness (QED) is 0.851. The fourth-order valence-corrected chi connectivity index (χ4v) is 3.39. The minimum atomic E-state index is 0.456. The predicted octanol–water partition coefficient (Wildman–Crippen LogP) is 4.05. The van der Waals surface area contributed by atoms with Gasteiger partial charge in [0.2, 0.25) is 0 Å². The lowest BCUT2D eigenvalue weighted by atomic mass is 9.70. The van der Waals surface area contributed by atoms with Crippen molar-refractivity contribution >= 4 is 11.6 Å². The molecule has 1 N–H and O–H groups in total. The molecular weight excluding hydrogens is 230 g/mol. The summed E-state index contributed by atoms with van der Waals surface area (Å²) in [4.78, 5) is 0.